The van der Waals surface area contributed by atoms with Gasteiger partial charge < -0.3 is 15.4 Å². The van der Waals surface area contributed by atoms with Gasteiger partial charge in [-0.2, -0.15) is 0 Å². The third-order valence-electron chi connectivity index (χ3n) is 3.30. The minimum atomic E-state index is -1.16. The molecule has 8 nitrogen and oxygen atoms in total. The Kier molecular flexibility index (Phi) is 6.91. The van der Waals surface area contributed by atoms with Gasteiger partial charge in [0.15, 0.2) is 6.10 Å². The predicted octanol–water partition coefficient (Wildman–Crippen LogP) is 0.421. The van der Waals surface area contributed by atoms with E-state index in [1.165, 1.54) is 14.0 Å². The van der Waals surface area contributed by atoms with Gasteiger partial charge in [0.1, 0.15) is 6.54 Å². The average Bonchev–Trinajstić information content (AvgIpc) is 2.54. The fourth-order valence-corrected chi connectivity index (χ4v) is 1.71. The molecule has 1 aromatic rings. The maximum absolute atomic E-state index is 12.0. The molecule has 1 atom stereocenters. The summed E-state index contributed by atoms with van der Waals surface area (Å²) in [5.74, 6) is -1.97. The molecule has 0 heterocycles. The smallest absolute Gasteiger partial charge is 0.326 e. The van der Waals surface area contributed by atoms with Crippen LogP contribution in [-0.2, 0) is 14.3 Å². The highest BCUT2D eigenvalue weighted by atomic mass is 16.5. The van der Waals surface area contributed by atoms with Crippen molar-refractivity contribution in [2.45, 2.75) is 26.9 Å². The van der Waals surface area contributed by atoms with Crippen LogP contribution in [0, 0.1) is 13.8 Å². The number of hydrogen-bond acceptors (Lipinski definition) is 5. The maximum atomic E-state index is 12.0. The van der Waals surface area contributed by atoms with E-state index < -0.39 is 29.9 Å². The minimum absolute atomic E-state index is 0.386. The van der Waals surface area contributed by atoms with E-state index in [0.717, 1.165) is 11.1 Å². The molecule has 0 saturated carbocycles. The van der Waals surface area contributed by atoms with Gasteiger partial charge in [-0.15, -0.1) is 0 Å². The van der Waals surface area contributed by atoms with Gasteiger partial charge in [0, 0.05) is 12.6 Å². The molecule has 0 aliphatic carbocycles. The highest BCUT2D eigenvalue weighted by Gasteiger charge is 2.20. The molecule has 0 aliphatic rings. The Hall–Kier alpha value is -2.90. The Morgan fingerprint density at radius 3 is 2.38 bits per heavy atom. The maximum Gasteiger partial charge on any atom is 0.326 e. The zero-order valence-corrected chi connectivity index (χ0v) is 14.1. The van der Waals surface area contributed by atoms with Crippen molar-refractivity contribution in [1.82, 2.24) is 16.0 Å². The number of amides is 4. The number of carbonyl (C=O) groups excluding carboxylic acids is 4. The molecule has 0 fully saturated rings. The zero-order valence-electron chi connectivity index (χ0n) is 14.1. The highest BCUT2D eigenvalue weighted by molar-refractivity contribution is 5.98. The number of rotatable bonds is 5. The van der Waals surface area contributed by atoms with Crippen molar-refractivity contribution in [2.75, 3.05) is 13.6 Å². The number of aryl methyl sites for hydroxylation is 2. The van der Waals surface area contributed by atoms with Crippen molar-refractivity contribution < 1.29 is 23.9 Å². The molecule has 0 aromatic heterocycles. The van der Waals surface area contributed by atoms with Gasteiger partial charge in [0.05, 0.1) is 0 Å². The standard InChI is InChI=1S/C16H21N3O5/c1-9-5-6-12(7-10(9)2)15(22)18-8-13(20)24-11(3)14(21)19-16(23)17-4/h5-7,11H,8H2,1-4H3,(H,18,22)(H2,17,19,21,23)/t11-/m0/s1. The first-order chi connectivity index (χ1) is 11.2. The Bertz CT molecular complexity index is 657. The summed E-state index contributed by atoms with van der Waals surface area (Å²) in [6, 6.07) is 4.48. The predicted molar refractivity (Wildman–Crippen MR) is 86.4 cm³/mol. The first-order valence-electron chi connectivity index (χ1n) is 7.32. The molecule has 4 amide bonds. The van der Waals surface area contributed by atoms with Gasteiger partial charge in [0.25, 0.3) is 11.8 Å². The van der Waals surface area contributed by atoms with E-state index in [1.54, 1.807) is 12.1 Å². The Labute approximate surface area is 139 Å². The first-order valence-corrected chi connectivity index (χ1v) is 7.32. The number of ether oxygens (including phenoxy) is 1. The van der Waals surface area contributed by atoms with Crippen LogP contribution in [0.25, 0.3) is 0 Å². The molecule has 1 aromatic carbocycles. The molecular formula is C16H21N3O5. The molecular weight excluding hydrogens is 314 g/mol. The number of carbonyl (C=O) groups is 4. The topological polar surface area (TPSA) is 114 Å². The van der Waals surface area contributed by atoms with Gasteiger partial charge in [0.2, 0.25) is 0 Å². The van der Waals surface area contributed by atoms with Crippen LogP contribution in [0.2, 0.25) is 0 Å². The van der Waals surface area contributed by atoms with Gasteiger partial charge in [-0.25, -0.2) is 4.79 Å². The molecule has 3 N–H and O–H groups in total. The quantitative estimate of drug-likeness (QED) is 0.675. The van der Waals surface area contributed by atoms with Crippen LogP contribution in [0.5, 0.6) is 0 Å². The van der Waals surface area contributed by atoms with Crippen LogP contribution in [0.3, 0.4) is 0 Å². The van der Waals surface area contributed by atoms with Crippen LogP contribution >= 0.6 is 0 Å². The van der Waals surface area contributed by atoms with Crippen molar-refractivity contribution in [3.8, 4) is 0 Å². The Morgan fingerprint density at radius 1 is 1.12 bits per heavy atom. The lowest BCUT2D eigenvalue weighted by molar-refractivity contribution is -0.153. The van der Waals surface area contributed by atoms with E-state index in [1.807, 2.05) is 25.2 Å². The fraction of sp³-hybridized carbons (Fsp3) is 0.375. The summed E-state index contributed by atoms with van der Waals surface area (Å²) in [7, 11) is 1.35. The monoisotopic (exact) mass is 335 g/mol. The molecule has 8 heteroatoms. The normalized spacial score (nSPS) is 11.2. The van der Waals surface area contributed by atoms with E-state index in [0.29, 0.717) is 5.56 Å². The fourth-order valence-electron chi connectivity index (χ4n) is 1.71. The molecule has 0 radical (unpaired) electrons. The van der Waals surface area contributed by atoms with Crippen LogP contribution in [0.1, 0.15) is 28.4 Å². The summed E-state index contributed by atoms with van der Waals surface area (Å²) in [4.78, 5) is 46.2. The lowest BCUT2D eigenvalue weighted by atomic mass is 10.1. The van der Waals surface area contributed by atoms with Gasteiger partial charge >= 0.3 is 12.0 Å². The zero-order chi connectivity index (χ0) is 18.3. The second-order valence-corrected chi connectivity index (χ2v) is 5.18. The summed E-state index contributed by atoms with van der Waals surface area (Å²) in [5.41, 5.74) is 2.45. The Morgan fingerprint density at radius 2 is 1.79 bits per heavy atom. The molecule has 0 spiro atoms. The lowest BCUT2D eigenvalue weighted by Gasteiger charge is -2.13. The van der Waals surface area contributed by atoms with Crippen molar-refractivity contribution >= 4 is 23.8 Å². The van der Waals surface area contributed by atoms with E-state index in [2.05, 4.69) is 10.6 Å². The van der Waals surface area contributed by atoms with E-state index in [-0.39, 0.29) is 6.54 Å². The number of hydrogen-bond donors (Lipinski definition) is 3. The number of benzene rings is 1. The van der Waals surface area contributed by atoms with Crippen molar-refractivity contribution in [1.29, 1.82) is 0 Å². The van der Waals surface area contributed by atoms with Gasteiger partial charge in [-0.1, -0.05) is 6.07 Å². The number of imide groups is 1. The SMILES string of the molecule is CNC(=O)NC(=O)[C@H](C)OC(=O)CNC(=O)c1ccc(C)c(C)c1. The highest BCUT2D eigenvalue weighted by Crippen LogP contribution is 2.09. The third-order valence-corrected chi connectivity index (χ3v) is 3.30. The van der Waals surface area contributed by atoms with Crippen molar-refractivity contribution in [3.05, 3.63) is 34.9 Å². The average molecular weight is 335 g/mol. The lowest BCUT2D eigenvalue weighted by Crippen LogP contribution is -2.44. The van der Waals surface area contributed by atoms with E-state index in [4.69, 9.17) is 4.74 Å². The summed E-state index contributed by atoms with van der Waals surface area (Å²) < 4.78 is 4.84. The van der Waals surface area contributed by atoms with Crippen LogP contribution in [0.15, 0.2) is 18.2 Å². The minimum Gasteiger partial charge on any atom is -0.451 e. The first kappa shape index (κ1) is 19.1. The summed E-state index contributed by atoms with van der Waals surface area (Å²) in [6.07, 6.45) is -1.16. The van der Waals surface area contributed by atoms with Crippen molar-refractivity contribution in [3.63, 3.8) is 0 Å². The summed E-state index contributed by atoms with van der Waals surface area (Å²) in [6.45, 7) is 4.75. The molecule has 0 unspecified atom stereocenters. The Balaban J connectivity index is 2.47. The van der Waals surface area contributed by atoms with Gasteiger partial charge in [-0.05, 0) is 44.0 Å². The molecule has 24 heavy (non-hydrogen) atoms. The molecule has 0 bridgehead atoms. The summed E-state index contributed by atoms with van der Waals surface area (Å²) >= 11 is 0. The second kappa shape index (κ2) is 8.66. The van der Waals surface area contributed by atoms with Crippen LogP contribution < -0.4 is 16.0 Å². The van der Waals surface area contributed by atoms with Crippen molar-refractivity contribution in [2.24, 2.45) is 0 Å². The van der Waals surface area contributed by atoms with Crippen LogP contribution in [0.4, 0.5) is 4.79 Å². The van der Waals surface area contributed by atoms with Gasteiger partial charge in [-0.3, -0.25) is 19.7 Å². The number of nitrogens with one attached hydrogen (secondary N) is 3. The molecule has 1 rings (SSSR count). The van der Waals surface area contributed by atoms with E-state index in [9.17, 15) is 19.2 Å². The number of esters is 1. The largest absolute Gasteiger partial charge is 0.451 e. The summed E-state index contributed by atoms with van der Waals surface area (Å²) in [5, 5.41) is 6.60. The van der Waals surface area contributed by atoms with Crippen LogP contribution in [-0.4, -0.2) is 43.5 Å². The molecule has 0 saturated heterocycles. The van der Waals surface area contributed by atoms with E-state index >= 15 is 0 Å². The number of urea groups is 1. The molecule has 0 aliphatic heterocycles. The molecule has 130 valence electrons. The second-order valence-electron chi connectivity index (χ2n) is 5.18. The third kappa shape index (κ3) is 5.71.